The van der Waals surface area contributed by atoms with Crippen molar-refractivity contribution in [3.8, 4) is 5.75 Å². The van der Waals surface area contributed by atoms with E-state index in [1.54, 1.807) is 0 Å². The molecule has 1 aliphatic heterocycles. The van der Waals surface area contributed by atoms with Crippen LogP contribution in [0.4, 0.5) is 0 Å². The molecule has 4 heteroatoms. The van der Waals surface area contributed by atoms with Gasteiger partial charge in [-0.1, -0.05) is 48.6 Å². The molecule has 0 saturated heterocycles. The summed E-state index contributed by atoms with van der Waals surface area (Å²) in [6.45, 7) is 4.25. The number of ether oxygens (including phenoxy) is 1. The smallest absolute Gasteiger partial charge is 0.220 e. The van der Waals surface area contributed by atoms with Gasteiger partial charge >= 0.3 is 0 Å². The Hall–Kier alpha value is -2.88. The lowest BCUT2D eigenvalue weighted by atomic mass is 9.92. The number of nitrogens with one attached hydrogen (secondary N) is 1. The topological polar surface area (TPSA) is 55.4 Å². The minimum Gasteiger partial charge on any atom is -0.487 e. The Kier molecular flexibility index (Phi) is 6.30. The fraction of sp³-hybridized carbons (Fsp3) is 0.333. The number of Topliss-reactive ketones (excluding diaryl/α,β-unsaturated/α-hetero) is 1. The van der Waals surface area contributed by atoms with E-state index in [4.69, 9.17) is 4.74 Å². The van der Waals surface area contributed by atoms with Gasteiger partial charge in [-0.15, -0.1) is 0 Å². The van der Waals surface area contributed by atoms with Gasteiger partial charge in [-0.3, -0.25) is 9.59 Å². The first kappa shape index (κ1) is 19.9. The van der Waals surface area contributed by atoms with Crippen molar-refractivity contribution in [2.75, 3.05) is 0 Å². The zero-order chi connectivity index (χ0) is 20.0. The molecular weight excluding hydrogens is 350 g/mol. The van der Waals surface area contributed by atoms with Gasteiger partial charge in [-0.05, 0) is 49.9 Å². The molecule has 0 aliphatic carbocycles. The number of carbonyl (C=O) groups is 2. The maximum absolute atomic E-state index is 12.3. The van der Waals surface area contributed by atoms with E-state index in [2.05, 4.69) is 29.6 Å². The number of amides is 1. The molecule has 4 nitrogen and oxygen atoms in total. The molecule has 0 aromatic heterocycles. The van der Waals surface area contributed by atoms with Crippen molar-refractivity contribution in [2.45, 2.75) is 51.7 Å². The van der Waals surface area contributed by atoms with Crippen molar-refractivity contribution >= 4 is 17.8 Å². The highest BCUT2D eigenvalue weighted by atomic mass is 16.5. The molecule has 1 amide bonds. The van der Waals surface area contributed by atoms with Crippen LogP contribution in [0.25, 0.3) is 6.08 Å². The number of benzene rings is 2. The summed E-state index contributed by atoms with van der Waals surface area (Å²) in [6.07, 6.45) is 6.70. The molecular formula is C24H27NO3. The van der Waals surface area contributed by atoms with Gasteiger partial charge in [0.1, 0.15) is 11.4 Å². The van der Waals surface area contributed by atoms with Gasteiger partial charge in [0.15, 0.2) is 5.78 Å². The maximum atomic E-state index is 12.3. The summed E-state index contributed by atoms with van der Waals surface area (Å²) in [4.78, 5) is 24.4. The number of ketones is 1. The van der Waals surface area contributed by atoms with Crippen molar-refractivity contribution in [1.29, 1.82) is 0 Å². The van der Waals surface area contributed by atoms with Crippen LogP contribution in [-0.2, 0) is 11.3 Å². The number of hydrogen-bond acceptors (Lipinski definition) is 3. The van der Waals surface area contributed by atoms with E-state index >= 15 is 0 Å². The summed E-state index contributed by atoms with van der Waals surface area (Å²) >= 11 is 0. The summed E-state index contributed by atoms with van der Waals surface area (Å²) in [7, 11) is 0. The van der Waals surface area contributed by atoms with Gasteiger partial charge in [-0.2, -0.15) is 0 Å². The van der Waals surface area contributed by atoms with Crippen LogP contribution in [0.5, 0.6) is 5.75 Å². The molecule has 0 saturated carbocycles. The number of fused-ring (bicyclic) bond motifs is 1. The molecule has 2 aromatic carbocycles. The normalized spacial score (nSPS) is 15.1. The largest absolute Gasteiger partial charge is 0.487 e. The lowest BCUT2D eigenvalue weighted by molar-refractivity contribution is -0.121. The quantitative estimate of drug-likeness (QED) is 0.696. The number of unbranched alkanes of at least 4 members (excludes halogenated alkanes) is 1. The number of rotatable bonds is 7. The summed E-state index contributed by atoms with van der Waals surface area (Å²) in [5.74, 6) is 0.737. The Morgan fingerprint density at radius 2 is 1.96 bits per heavy atom. The predicted octanol–water partition coefficient (Wildman–Crippen LogP) is 4.93. The molecule has 0 radical (unpaired) electrons. The minimum atomic E-state index is -0.464. The lowest BCUT2D eigenvalue weighted by Gasteiger charge is -2.31. The van der Waals surface area contributed by atoms with E-state index in [-0.39, 0.29) is 11.7 Å². The average molecular weight is 377 g/mol. The summed E-state index contributed by atoms with van der Waals surface area (Å²) in [6, 6.07) is 15.7. The Bertz CT molecular complexity index is 869. The molecule has 0 atom stereocenters. The van der Waals surface area contributed by atoms with Gasteiger partial charge in [0.2, 0.25) is 5.91 Å². The Morgan fingerprint density at radius 3 is 2.75 bits per heavy atom. The number of hydrogen-bond donors (Lipinski definition) is 1. The highest BCUT2D eigenvalue weighted by Gasteiger charge is 2.32. The Balaban J connectivity index is 1.43. The van der Waals surface area contributed by atoms with Gasteiger partial charge in [-0.25, -0.2) is 0 Å². The summed E-state index contributed by atoms with van der Waals surface area (Å²) < 4.78 is 5.86. The van der Waals surface area contributed by atoms with Crippen LogP contribution in [0.1, 0.15) is 61.0 Å². The molecule has 2 aromatic rings. The van der Waals surface area contributed by atoms with Gasteiger partial charge < -0.3 is 10.1 Å². The first-order valence-electron chi connectivity index (χ1n) is 9.76. The van der Waals surface area contributed by atoms with Crippen LogP contribution in [0.3, 0.4) is 0 Å². The van der Waals surface area contributed by atoms with E-state index in [1.807, 2.05) is 50.2 Å². The van der Waals surface area contributed by atoms with Crippen LogP contribution >= 0.6 is 0 Å². The maximum Gasteiger partial charge on any atom is 0.220 e. The molecule has 0 unspecified atom stereocenters. The minimum absolute atomic E-state index is 0.0227. The molecule has 1 aliphatic rings. The first-order chi connectivity index (χ1) is 13.4. The third-order valence-electron chi connectivity index (χ3n) is 4.69. The predicted molar refractivity (Wildman–Crippen MR) is 111 cm³/mol. The SMILES string of the molecule is CC1(C)CC(=O)c2cc(CNC(=O)CCCC=Cc3ccccc3)ccc2O1. The Labute approximate surface area is 166 Å². The molecule has 1 N–H and O–H groups in total. The Morgan fingerprint density at radius 1 is 1.18 bits per heavy atom. The van der Waals surface area contributed by atoms with Crippen molar-refractivity contribution in [2.24, 2.45) is 0 Å². The van der Waals surface area contributed by atoms with Gasteiger partial charge in [0.25, 0.3) is 0 Å². The van der Waals surface area contributed by atoms with Crippen LogP contribution in [-0.4, -0.2) is 17.3 Å². The van der Waals surface area contributed by atoms with E-state index in [0.717, 1.165) is 18.4 Å². The lowest BCUT2D eigenvalue weighted by Crippen LogP contribution is -2.36. The highest BCUT2D eigenvalue weighted by Crippen LogP contribution is 2.33. The molecule has 0 bridgehead atoms. The zero-order valence-corrected chi connectivity index (χ0v) is 16.5. The monoisotopic (exact) mass is 377 g/mol. The highest BCUT2D eigenvalue weighted by molar-refractivity contribution is 6.00. The number of carbonyl (C=O) groups excluding carboxylic acids is 2. The first-order valence-corrected chi connectivity index (χ1v) is 9.76. The van der Waals surface area contributed by atoms with Gasteiger partial charge in [0.05, 0.1) is 12.0 Å². The molecule has 0 fully saturated rings. The number of allylic oxidation sites excluding steroid dienone is 1. The standard InChI is InChI=1S/C24H27NO3/c1-24(2)16-21(26)20-15-19(13-14-22(20)28-24)17-25-23(27)12-8-4-7-11-18-9-5-3-6-10-18/h3,5-7,9-11,13-15H,4,8,12,16-17H2,1-2H3,(H,25,27). The third-order valence-corrected chi connectivity index (χ3v) is 4.69. The van der Waals surface area contributed by atoms with Crippen molar-refractivity contribution in [3.05, 3.63) is 71.3 Å². The molecule has 0 spiro atoms. The van der Waals surface area contributed by atoms with Crippen molar-refractivity contribution in [3.63, 3.8) is 0 Å². The second kappa shape index (κ2) is 8.87. The van der Waals surface area contributed by atoms with Crippen LogP contribution in [0.15, 0.2) is 54.6 Å². The van der Waals surface area contributed by atoms with Crippen LogP contribution < -0.4 is 10.1 Å². The van der Waals surface area contributed by atoms with E-state index in [9.17, 15) is 9.59 Å². The zero-order valence-electron chi connectivity index (χ0n) is 16.5. The average Bonchev–Trinajstić information content (AvgIpc) is 2.66. The van der Waals surface area contributed by atoms with Gasteiger partial charge in [0, 0.05) is 13.0 Å². The van der Waals surface area contributed by atoms with E-state index < -0.39 is 5.60 Å². The van der Waals surface area contributed by atoms with Crippen molar-refractivity contribution < 1.29 is 14.3 Å². The van der Waals surface area contributed by atoms with Crippen molar-refractivity contribution in [1.82, 2.24) is 5.32 Å². The third kappa shape index (κ3) is 5.56. The van der Waals surface area contributed by atoms with E-state index in [1.165, 1.54) is 5.56 Å². The van der Waals surface area contributed by atoms with E-state index in [0.29, 0.717) is 30.7 Å². The van der Waals surface area contributed by atoms with Crippen LogP contribution in [0.2, 0.25) is 0 Å². The fourth-order valence-corrected chi connectivity index (χ4v) is 3.26. The molecule has 28 heavy (non-hydrogen) atoms. The summed E-state index contributed by atoms with van der Waals surface area (Å²) in [5.41, 5.74) is 2.22. The molecule has 1 heterocycles. The summed E-state index contributed by atoms with van der Waals surface area (Å²) in [5, 5.41) is 2.93. The second-order valence-electron chi connectivity index (χ2n) is 7.77. The fourth-order valence-electron chi connectivity index (χ4n) is 3.26. The molecule has 3 rings (SSSR count). The second-order valence-corrected chi connectivity index (χ2v) is 7.77. The van der Waals surface area contributed by atoms with Crippen LogP contribution in [0, 0.1) is 0 Å². The molecule has 146 valence electrons.